The zero-order valence-corrected chi connectivity index (χ0v) is 25.6. The molecule has 3 aromatic rings. The SMILES string of the molecule is Cc1ccc(C(=O)NC(/C=C(\I)C(C)(C)C)=N/O)cc1Nc1ncnc2cnc(N(C)CC3CCCCO3)nc12. The lowest BCUT2D eigenvalue weighted by molar-refractivity contribution is 0.0214. The monoisotopic (exact) mass is 658 g/mol. The number of halogens is 1. The molecule has 1 unspecified atom stereocenters. The number of oxime groups is 1. The van der Waals surface area contributed by atoms with Crippen LogP contribution in [0.25, 0.3) is 11.0 Å². The first-order chi connectivity index (χ1) is 19.0. The van der Waals surface area contributed by atoms with E-state index in [4.69, 9.17) is 9.72 Å². The number of aromatic nitrogens is 4. The molecule has 1 aliphatic rings. The molecule has 1 aromatic carbocycles. The summed E-state index contributed by atoms with van der Waals surface area (Å²) in [6, 6.07) is 5.27. The Hall–Kier alpha value is -3.39. The average Bonchev–Trinajstić information content (AvgIpc) is 2.93. The maximum absolute atomic E-state index is 13.0. The number of hydrogen-bond acceptors (Lipinski definition) is 10. The van der Waals surface area contributed by atoms with Gasteiger partial charge >= 0.3 is 0 Å². The smallest absolute Gasteiger partial charge is 0.256 e. The van der Waals surface area contributed by atoms with Crippen LogP contribution in [0, 0.1) is 12.3 Å². The standard InChI is InChI=1S/C28H35IN8O3/c1-17-9-10-18(26(38)34-23(36-39)13-22(29)28(2,3)4)12-20(17)33-25-24-21(31-16-32-25)14-30-27(35-24)37(5)15-19-8-6-7-11-40-19/h9-10,12-14,16,19,39H,6-8,11,15H2,1-5H3,(H,31,32,33)(H,34,36,38)/b22-13-. The first-order valence-electron chi connectivity index (χ1n) is 13.1. The second-order valence-corrected chi connectivity index (χ2v) is 12.0. The Kier molecular flexibility index (Phi) is 9.51. The highest BCUT2D eigenvalue weighted by Crippen LogP contribution is 2.30. The van der Waals surface area contributed by atoms with E-state index in [1.807, 2.05) is 45.7 Å². The molecule has 2 aromatic heterocycles. The van der Waals surface area contributed by atoms with Crippen LogP contribution in [0.1, 0.15) is 56.0 Å². The highest BCUT2D eigenvalue weighted by Gasteiger charge is 2.19. The Morgan fingerprint density at radius 1 is 1.27 bits per heavy atom. The van der Waals surface area contributed by atoms with Crippen LogP contribution in [-0.4, -0.2) is 63.2 Å². The first-order valence-corrected chi connectivity index (χ1v) is 14.2. The Labute approximate surface area is 247 Å². The second-order valence-electron chi connectivity index (χ2n) is 10.8. The number of nitrogens with zero attached hydrogens (tertiary/aromatic N) is 6. The Morgan fingerprint density at radius 2 is 2.08 bits per heavy atom. The predicted octanol–water partition coefficient (Wildman–Crippen LogP) is 5.36. The summed E-state index contributed by atoms with van der Waals surface area (Å²) in [5.74, 6) is 0.706. The number of ether oxygens (including phenoxy) is 1. The molecular weight excluding hydrogens is 623 g/mol. The number of fused-ring (bicyclic) bond motifs is 1. The lowest BCUT2D eigenvalue weighted by atomic mass is 9.96. The number of likely N-dealkylation sites (N-methyl/N-ethyl adjacent to an activating group) is 1. The number of benzene rings is 1. The van der Waals surface area contributed by atoms with E-state index in [0.717, 1.165) is 35.0 Å². The lowest BCUT2D eigenvalue weighted by Gasteiger charge is -2.27. The van der Waals surface area contributed by atoms with Gasteiger partial charge in [0.05, 0.1) is 12.3 Å². The first kappa shape index (κ1) is 29.6. The second kappa shape index (κ2) is 12.9. The molecule has 11 nitrogen and oxygen atoms in total. The van der Waals surface area contributed by atoms with Gasteiger partial charge in [0.25, 0.3) is 5.91 Å². The molecule has 1 aliphatic heterocycles. The third kappa shape index (κ3) is 7.42. The van der Waals surface area contributed by atoms with Crippen molar-refractivity contribution in [1.82, 2.24) is 25.3 Å². The van der Waals surface area contributed by atoms with Gasteiger partial charge in [-0.25, -0.2) is 19.9 Å². The number of nitrogens with one attached hydrogen (secondary N) is 2. The quantitative estimate of drug-likeness (QED) is 0.101. The molecule has 1 amide bonds. The number of allylic oxidation sites excluding steroid dienone is 1. The molecule has 4 rings (SSSR count). The average molecular weight is 659 g/mol. The summed E-state index contributed by atoms with van der Waals surface area (Å²) in [6.45, 7) is 9.52. The van der Waals surface area contributed by atoms with Crippen LogP contribution < -0.4 is 15.5 Å². The summed E-state index contributed by atoms with van der Waals surface area (Å²) in [5, 5.41) is 18.7. The maximum Gasteiger partial charge on any atom is 0.256 e. The number of anilines is 3. The lowest BCUT2D eigenvalue weighted by Crippen LogP contribution is -2.34. The van der Waals surface area contributed by atoms with Crippen LogP contribution in [0.5, 0.6) is 0 Å². The fourth-order valence-corrected chi connectivity index (χ4v) is 4.39. The summed E-state index contributed by atoms with van der Waals surface area (Å²) < 4.78 is 6.81. The molecule has 1 fully saturated rings. The minimum Gasteiger partial charge on any atom is -0.409 e. The number of aryl methyl sites for hydroxylation is 1. The van der Waals surface area contributed by atoms with Crippen molar-refractivity contribution in [2.45, 2.75) is 53.1 Å². The highest BCUT2D eigenvalue weighted by molar-refractivity contribution is 14.1. The van der Waals surface area contributed by atoms with Gasteiger partial charge in [0.15, 0.2) is 11.7 Å². The summed E-state index contributed by atoms with van der Waals surface area (Å²) >= 11 is 2.17. The minimum absolute atomic E-state index is 0.0631. The largest absolute Gasteiger partial charge is 0.409 e. The topological polar surface area (TPSA) is 138 Å². The number of amidine groups is 1. The van der Waals surface area contributed by atoms with Crippen LogP contribution in [0.3, 0.4) is 0 Å². The van der Waals surface area contributed by atoms with Crippen molar-refractivity contribution in [3.63, 3.8) is 0 Å². The molecule has 0 spiro atoms. The van der Waals surface area contributed by atoms with Crippen molar-refractivity contribution in [3.05, 3.63) is 51.5 Å². The molecule has 0 saturated carbocycles. The van der Waals surface area contributed by atoms with E-state index in [-0.39, 0.29) is 17.4 Å². The van der Waals surface area contributed by atoms with Crippen LogP contribution in [0.4, 0.5) is 17.5 Å². The van der Waals surface area contributed by atoms with Gasteiger partial charge in [-0.3, -0.25) is 4.79 Å². The molecular formula is C28H35IN8O3. The van der Waals surface area contributed by atoms with Crippen LogP contribution in [0.2, 0.25) is 0 Å². The Bertz CT molecular complexity index is 1430. The van der Waals surface area contributed by atoms with E-state index in [2.05, 4.69) is 53.3 Å². The van der Waals surface area contributed by atoms with Gasteiger partial charge in [-0.05, 0) is 81.5 Å². The molecule has 0 aliphatic carbocycles. The van der Waals surface area contributed by atoms with Crippen LogP contribution >= 0.6 is 22.6 Å². The summed E-state index contributed by atoms with van der Waals surface area (Å²) in [6.07, 6.45) is 8.22. The van der Waals surface area contributed by atoms with E-state index < -0.39 is 5.91 Å². The summed E-state index contributed by atoms with van der Waals surface area (Å²) in [5.41, 5.74) is 2.98. The molecule has 0 bridgehead atoms. The van der Waals surface area contributed by atoms with Gasteiger partial charge in [-0.1, -0.05) is 32.0 Å². The van der Waals surface area contributed by atoms with Crippen LogP contribution in [0.15, 0.2) is 45.5 Å². The fourth-order valence-electron chi connectivity index (χ4n) is 4.10. The molecule has 3 heterocycles. The van der Waals surface area contributed by atoms with Gasteiger partial charge in [0.2, 0.25) is 5.95 Å². The van der Waals surface area contributed by atoms with Gasteiger partial charge in [-0.2, -0.15) is 0 Å². The third-order valence-corrected chi connectivity index (χ3v) is 8.47. The summed E-state index contributed by atoms with van der Waals surface area (Å²) in [7, 11) is 1.95. The molecule has 40 heavy (non-hydrogen) atoms. The van der Waals surface area contributed by atoms with E-state index >= 15 is 0 Å². The maximum atomic E-state index is 13.0. The normalized spacial score (nSPS) is 16.6. The van der Waals surface area contributed by atoms with Crippen molar-refractivity contribution in [1.29, 1.82) is 0 Å². The Morgan fingerprint density at radius 3 is 2.77 bits per heavy atom. The molecule has 212 valence electrons. The van der Waals surface area contributed by atoms with E-state index in [9.17, 15) is 10.0 Å². The number of carbonyl (C=O) groups is 1. The number of carbonyl (C=O) groups excluding carboxylic acids is 1. The van der Waals surface area contributed by atoms with E-state index in [0.29, 0.717) is 40.6 Å². The fraction of sp³-hybridized carbons (Fsp3) is 0.429. The minimum atomic E-state index is -0.408. The molecule has 12 heteroatoms. The van der Waals surface area contributed by atoms with Crippen molar-refractivity contribution >= 4 is 62.8 Å². The van der Waals surface area contributed by atoms with Crippen molar-refractivity contribution in [2.75, 3.05) is 30.4 Å². The van der Waals surface area contributed by atoms with E-state index in [1.54, 1.807) is 24.4 Å². The number of amides is 1. The van der Waals surface area contributed by atoms with Gasteiger partial charge in [0, 0.05) is 31.5 Å². The van der Waals surface area contributed by atoms with Crippen molar-refractivity contribution < 1.29 is 14.7 Å². The van der Waals surface area contributed by atoms with Crippen LogP contribution in [-0.2, 0) is 4.74 Å². The molecule has 1 atom stereocenters. The third-order valence-electron chi connectivity index (χ3n) is 6.54. The zero-order chi connectivity index (χ0) is 28.9. The summed E-state index contributed by atoms with van der Waals surface area (Å²) in [4.78, 5) is 33.0. The zero-order valence-electron chi connectivity index (χ0n) is 23.4. The van der Waals surface area contributed by atoms with E-state index in [1.165, 1.54) is 6.33 Å². The van der Waals surface area contributed by atoms with Crippen molar-refractivity contribution in [3.8, 4) is 0 Å². The van der Waals surface area contributed by atoms with Crippen molar-refractivity contribution in [2.24, 2.45) is 10.6 Å². The van der Waals surface area contributed by atoms with Gasteiger partial charge in [-0.15, -0.1) is 0 Å². The van der Waals surface area contributed by atoms with Gasteiger partial charge in [0.1, 0.15) is 17.4 Å². The molecule has 0 radical (unpaired) electrons. The molecule has 1 saturated heterocycles. The number of hydrogen-bond donors (Lipinski definition) is 3. The Balaban J connectivity index is 1.56. The number of rotatable bonds is 7. The van der Waals surface area contributed by atoms with Gasteiger partial charge < -0.3 is 25.5 Å². The predicted molar refractivity (Wildman–Crippen MR) is 165 cm³/mol. The molecule has 3 N–H and O–H groups in total. The highest BCUT2D eigenvalue weighted by atomic mass is 127.